The lowest BCUT2D eigenvalue weighted by Gasteiger charge is -2.23. The summed E-state index contributed by atoms with van der Waals surface area (Å²) in [6, 6.07) is 1.49. The molecule has 1 aromatic heterocycles. The van der Waals surface area contributed by atoms with Gasteiger partial charge in [0.25, 0.3) is 0 Å². The minimum atomic E-state index is -0.296. The van der Waals surface area contributed by atoms with Crippen LogP contribution in [0.15, 0.2) is 18.5 Å². The predicted molar refractivity (Wildman–Crippen MR) is 46.3 cm³/mol. The monoisotopic (exact) mass is 168 g/mol. The minimum Gasteiger partial charge on any atom is -0.311 e. The lowest BCUT2D eigenvalue weighted by molar-refractivity contribution is 0.439. The standard InChI is InChI=1S/C9H13FN2/c1-9(2,11-3)7-4-8(10)6-12-5-7/h4-6,11H,1-3H3. The summed E-state index contributed by atoms with van der Waals surface area (Å²) in [6.45, 7) is 3.95. The van der Waals surface area contributed by atoms with Crippen LogP contribution in [0.2, 0.25) is 0 Å². The number of hydrogen-bond donors (Lipinski definition) is 1. The molecule has 0 amide bonds. The van der Waals surface area contributed by atoms with Crippen molar-refractivity contribution in [2.45, 2.75) is 19.4 Å². The van der Waals surface area contributed by atoms with Gasteiger partial charge in [0.05, 0.1) is 6.20 Å². The lowest BCUT2D eigenvalue weighted by Crippen LogP contribution is -2.33. The third kappa shape index (κ3) is 1.80. The van der Waals surface area contributed by atoms with Gasteiger partial charge in [0.1, 0.15) is 5.82 Å². The van der Waals surface area contributed by atoms with Crippen LogP contribution < -0.4 is 5.32 Å². The van der Waals surface area contributed by atoms with Crippen LogP contribution in [-0.4, -0.2) is 12.0 Å². The van der Waals surface area contributed by atoms with Crippen LogP contribution >= 0.6 is 0 Å². The number of pyridine rings is 1. The fraction of sp³-hybridized carbons (Fsp3) is 0.444. The second kappa shape index (κ2) is 3.19. The molecule has 0 aliphatic heterocycles. The first-order chi connectivity index (χ1) is 5.56. The molecule has 0 aliphatic rings. The van der Waals surface area contributed by atoms with Crippen molar-refractivity contribution < 1.29 is 4.39 Å². The Hall–Kier alpha value is -0.960. The maximum Gasteiger partial charge on any atom is 0.141 e. The molecule has 66 valence electrons. The Labute approximate surface area is 71.8 Å². The van der Waals surface area contributed by atoms with E-state index in [2.05, 4.69) is 10.3 Å². The van der Waals surface area contributed by atoms with Crippen molar-refractivity contribution in [1.29, 1.82) is 0 Å². The van der Waals surface area contributed by atoms with Crippen molar-refractivity contribution in [3.63, 3.8) is 0 Å². The molecule has 0 spiro atoms. The first kappa shape index (κ1) is 9.13. The fourth-order valence-corrected chi connectivity index (χ4v) is 0.898. The zero-order chi connectivity index (χ0) is 9.19. The van der Waals surface area contributed by atoms with Gasteiger partial charge in [-0.1, -0.05) is 0 Å². The van der Waals surface area contributed by atoms with E-state index in [1.165, 1.54) is 12.3 Å². The molecule has 0 unspecified atom stereocenters. The van der Waals surface area contributed by atoms with Crippen molar-refractivity contribution in [1.82, 2.24) is 10.3 Å². The zero-order valence-electron chi connectivity index (χ0n) is 7.56. The number of aromatic nitrogens is 1. The normalized spacial score (nSPS) is 11.7. The Morgan fingerprint density at radius 2 is 2.08 bits per heavy atom. The Bertz CT molecular complexity index is 271. The molecule has 1 rings (SSSR count). The van der Waals surface area contributed by atoms with Crippen molar-refractivity contribution >= 4 is 0 Å². The molecule has 0 atom stereocenters. The van der Waals surface area contributed by atoms with Crippen LogP contribution in [0.1, 0.15) is 19.4 Å². The van der Waals surface area contributed by atoms with E-state index in [0.717, 1.165) is 5.56 Å². The van der Waals surface area contributed by atoms with E-state index in [-0.39, 0.29) is 11.4 Å². The zero-order valence-corrected chi connectivity index (χ0v) is 7.56. The quantitative estimate of drug-likeness (QED) is 0.726. The molecular weight excluding hydrogens is 155 g/mol. The first-order valence-corrected chi connectivity index (χ1v) is 3.86. The van der Waals surface area contributed by atoms with Crippen LogP contribution in [0, 0.1) is 5.82 Å². The number of nitrogens with one attached hydrogen (secondary N) is 1. The average Bonchev–Trinajstić information content (AvgIpc) is 2.05. The molecule has 0 aliphatic carbocycles. The van der Waals surface area contributed by atoms with Crippen LogP contribution in [0.5, 0.6) is 0 Å². The van der Waals surface area contributed by atoms with E-state index < -0.39 is 0 Å². The highest BCUT2D eigenvalue weighted by atomic mass is 19.1. The van der Waals surface area contributed by atoms with Gasteiger partial charge in [-0.2, -0.15) is 0 Å². The minimum absolute atomic E-state index is 0.227. The van der Waals surface area contributed by atoms with E-state index in [1.54, 1.807) is 6.20 Å². The third-order valence-electron chi connectivity index (χ3n) is 2.05. The molecule has 0 fully saturated rings. The van der Waals surface area contributed by atoms with Gasteiger partial charge in [-0.15, -0.1) is 0 Å². The highest BCUT2D eigenvalue weighted by Gasteiger charge is 2.17. The van der Waals surface area contributed by atoms with Crippen molar-refractivity contribution in [2.75, 3.05) is 7.05 Å². The van der Waals surface area contributed by atoms with Gasteiger partial charge in [-0.05, 0) is 32.5 Å². The van der Waals surface area contributed by atoms with Crippen LogP contribution in [0.25, 0.3) is 0 Å². The summed E-state index contributed by atoms with van der Waals surface area (Å²) in [7, 11) is 1.84. The SMILES string of the molecule is CNC(C)(C)c1cncc(F)c1. The molecule has 0 bridgehead atoms. The Morgan fingerprint density at radius 1 is 1.42 bits per heavy atom. The van der Waals surface area contributed by atoms with E-state index in [0.29, 0.717) is 0 Å². The summed E-state index contributed by atoms with van der Waals surface area (Å²) >= 11 is 0. The lowest BCUT2D eigenvalue weighted by atomic mass is 9.96. The summed E-state index contributed by atoms with van der Waals surface area (Å²) in [6.07, 6.45) is 2.87. The summed E-state index contributed by atoms with van der Waals surface area (Å²) in [4.78, 5) is 3.78. The van der Waals surface area contributed by atoms with Gasteiger partial charge in [0.2, 0.25) is 0 Å². The Balaban J connectivity index is 3.03. The van der Waals surface area contributed by atoms with E-state index >= 15 is 0 Å². The molecule has 3 heteroatoms. The van der Waals surface area contributed by atoms with Gasteiger partial charge in [-0.3, -0.25) is 4.98 Å². The first-order valence-electron chi connectivity index (χ1n) is 3.86. The second-order valence-electron chi connectivity index (χ2n) is 3.27. The van der Waals surface area contributed by atoms with Gasteiger partial charge >= 0.3 is 0 Å². The number of nitrogens with zero attached hydrogens (tertiary/aromatic N) is 1. The second-order valence-corrected chi connectivity index (χ2v) is 3.27. The molecule has 1 aromatic rings. The Morgan fingerprint density at radius 3 is 2.58 bits per heavy atom. The molecule has 1 heterocycles. The maximum absolute atomic E-state index is 12.7. The van der Waals surface area contributed by atoms with Crippen molar-refractivity contribution in [3.05, 3.63) is 29.8 Å². The summed E-state index contributed by atoms with van der Waals surface area (Å²) < 4.78 is 12.7. The summed E-state index contributed by atoms with van der Waals surface area (Å²) in [5, 5.41) is 3.08. The highest BCUT2D eigenvalue weighted by Crippen LogP contribution is 2.18. The smallest absolute Gasteiger partial charge is 0.141 e. The molecule has 12 heavy (non-hydrogen) atoms. The average molecular weight is 168 g/mol. The predicted octanol–water partition coefficient (Wildman–Crippen LogP) is 1.68. The largest absolute Gasteiger partial charge is 0.311 e. The van der Waals surface area contributed by atoms with E-state index in [4.69, 9.17) is 0 Å². The topological polar surface area (TPSA) is 24.9 Å². The van der Waals surface area contributed by atoms with Crippen molar-refractivity contribution in [3.8, 4) is 0 Å². The van der Waals surface area contributed by atoms with Gasteiger partial charge in [0, 0.05) is 11.7 Å². The summed E-state index contributed by atoms with van der Waals surface area (Å²) in [5.41, 5.74) is 0.625. The Kier molecular flexibility index (Phi) is 2.43. The van der Waals surface area contributed by atoms with Crippen LogP contribution in [-0.2, 0) is 5.54 Å². The number of halogens is 1. The molecule has 0 radical (unpaired) electrons. The third-order valence-corrected chi connectivity index (χ3v) is 2.05. The van der Waals surface area contributed by atoms with Gasteiger partial charge < -0.3 is 5.32 Å². The van der Waals surface area contributed by atoms with Crippen LogP contribution in [0.4, 0.5) is 4.39 Å². The highest BCUT2D eigenvalue weighted by molar-refractivity contribution is 5.18. The van der Waals surface area contributed by atoms with E-state index in [1.807, 2.05) is 20.9 Å². The van der Waals surface area contributed by atoms with Crippen molar-refractivity contribution in [2.24, 2.45) is 0 Å². The molecule has 2 nitrogen and oxygen atoms in total. The van der Waals surface area contributed by atoms with Gasteiger partial charge in [0.15, 0.2) is 0 Å². The number of rotatable bonds is 2. The van der Waals surface area contributed by atoms with Gasteiger partial charge in [-0.25, -0.2) is 4.39 Å². The van der Waals surface area contributed by atoms with Crippen LogP contribution in [0.3, 0.4) is 0 Å². The fourth-order valence-electron chi connectivity index (χ4n) is 0.898. The molecular formula is C9H13FN2. The maximum atomic E-state index is 12.7. The molecule has 0 saturated heterocycles. The van der Waals surface area contributed by atoms with E-state index in [9.17, 15) is 4.39 Å². The molecule has 0 aromatic carbocycles. The summed E-state index contributed by atoms with van der Waals surface area (Å²) in [5.74, 6) is -0.296. The molecule has 0 saturated carbocycles. The molecule has 1 N–H and O–H groups in total. The number of hydrogen-bond acceptors (Lipinski definition) is 2.